The molecular formula is C12H20N2O2. The van der Waals surface area contributed by atoms with Crippen molar-refractivity contribution < 1.29 is 9.59 Å². The Morgan fingerprint density at radius 1 is 1.38 bits per heavy atom. The molecule has 0 aromatic rings. The summed E-state index contributed by atoms with van der Waals surface area (Å²) in [6.45, 7) is 6.52. The maximum atomic E-state index is 12.2. The second-order valence-electron chi connectivity index (χ2n) is 5.14. The highest BCUT2D eigenvalue weighted by atomic mass is 16.2. The fraction of sp³-hybridized carbons (Fsp3) is 0.833. The number of nitrogens with zero attached hydrogens (tertiary/aromatic N) is 1. The number of hydrogen-bond acceptors (Lipinski definition) is 2. The van der Waals surface area contributed by atoms with E-state index < -0.39 is 0 Å². The molecule has 0 spiro atoms. The minimum Gasteiger partial charge on any atom is -0.342 e. The highest BCUT2D eigenvalue weighted by Crippen LogP contribution is 2.37. The van der Waals surface area contributed by atoms with E-state index in [1.807, 2.05) is 20.8 Å². The van der Waals surface area contributed by atoms with E-state index in [9.17, 15) is 9.59 Å². The molecule has 0 aromatic heterocycles. The largest absolute Gasteiger partial charge is 0.342 e. The summed E-state index contributed by atoms with van der Waals surface area (Å²) in [4.78, 5) is 26.0. The molecule has 2 aliphatic rings. The Bertz CT molecular complexity index is 310. The number of nitrogens with one attached hydrogen (secondary N) is 1. The van der Waals surface area contributed by atoms with E-state index >= 15 is 0 Å². The second kappa shape index (κ2) is 4.07. The average molecular weight is 224 g/mol. The van der Waals surface area contributed by atoms with Crippen LogP contribution in [0.4, 0.5) is 0 Å². The highest BCUT2D eigenvalue weighted by molar-refractivity contribution is 5.97. The molecule has 2 amide bonds. The van der Waals surface area contributed by atoms with Gasteiger partial charge >= 0.3 is 0 Å². The van der Waals surface area contributed by atoms with Crippen LogP contribution < -0.4 is 5.32 Å². The van der Waals surface area contributed by atoms with E-state index in [-0.39, 0.29) is 29.8 Å². The predicted octanol–water partition coefficient (Wildman–Crippen LogP) is 0.768. The summed E-state index contributed by atoms with van der Waals surface area (Å²) in [5.74, 6) is 0.694. The molecule has 1 N–H and O–H groups in total. The molecule has 1 aliphatic carbocycles. The molecule has 4 nitrogen and oxygen atoms in total. The zero-order chi connectivity index (χ0) is 11.9. The van der Waals surface area contributed by atoms with Gasteiger partial charge in [-0.05, 0) is 31.6 Å². The molecule has 1 saturated heterocycles. The maximum Gasteiger partial charge on any atom is 0.246 e. The van der Waals surface area contributed by atoms with E-state index in [2.05, 4.69) is 5.32 Å². The van der Waals surface area contributed by atoms with E-state index in [0.717, 1.165) is 12.8 Å². The van der Waals surface area contributed by atoms with Crippen molar-refractivity contribution >= 4 is 11.8 Å². The summed E-state index contributed by atoms with van der Waals surface area (Å²) in [6.07, 6.45) is 2.16. The molecule has 1 heterocycles. The van der Waals surface area contributed by atoms with Crippen LogP contribution >= 0.6 is 0 Å². The van der Waals surface area contributed by atoms with Gasteiger partial charge in [0.25, 0.3) is 0 Å². The molecule has 90 valence electrons. The molecule has 2 rings (SSSR count). The standard InChI is InChI=1S/C12H20N2O2/c1-4-14-10(8-5-6-8)11(15)13-9(7(2)3)12(14)16/h7-10H,4-6H2,1-3H3,(H,13,15). The first-order valence-electron chi connectivity index (χ1n) is 6.17. The van der Waals surface area contributed by atoms with Gasteiger partial charge in [0.15, 0.2) is 0 Å². The predicted molar refractivity (Wildman–Crippen MR) is 60.7 cm³/mol. The van der Waals surface area contributed by atoms with Crippen molar-refractivity contribution in [3.63, 3.8) is 0 Å². The third-order valence-electron chi connectivity index (χ3n) is 3.53. The summed E-state index contributed by atoms with van der Waals surface area (Å²) < 4.78 is 0. The van der Waals surface area contributed by atoms with Gasteiger partial charge in [-0.2, -0.15) is 0 Å². The smallest absolute Gasteiger partial charge is 0.246 e. The third-order valence-corrected chi connectivity index (χ3v) is 3.53. The van der Waals surface area contributed by atoms with E-state index in [4.69, 9.17) is 0 Å². The number of carbonyl (C=O) groups excluding carboxylic acids is 2. The zero-order valence-corrected chi connectivity index (χ0v) is 10.2. The fourth-order valence-corrected chi connectivity index (χ4v) is 2.44. The summed E-state index contributed by atoms with van der Waals surface area (Å²) in [7, 11) is 0. The lowest BCUT2D eigenvalue weighted by atomic mass is 9.96. The lowest BCUT2D eigenvalue weighted by Crippen LogP contribution is -2.65. The zero-order valence-electron chi connectivity index (χ0n) is 10.2. The molecule has 16 heavy (non-hydrogen) atoms. The van der Waals surface area contributed by atoms with Crippen LogP contribution in [0.1, 0.15) is 33.6 Å². The fourth-order valence-electron chi connectivity index (χ4n) is 2.44. The van der Waals surface area contributed by atoms with Crippen molar-refractivity contribution in [2.75, 3.05) is 6.54 Å². The quantitative estimate of drug-likeness (QED) is 0.769. The first kappa shape index (κ1) is 11.4. The Kier molecular flexibility index (Phi) is 2.91. The number of likely N-dealkylation sites (N-methyl/N-ethyl adjacent to an activating group) is 1. The minimum absolute atomic E-state index is 0.0441. The molecular weight excluding hydrogens is 204 g/mol. The number of rotatable bonds is 3. The first-order valence-corrected chi connectivity index (χ1v) is 6.17. The Morgan fingerprint density at radius 3 is 2.44 bits per heavy atom. The van der Waals surface area contributed by atoms with Crippen LogP contribution in [-0.4, -0.2) is 35.3 Å². The van der Waals surface area contributed by atoms with Crippen molar-refractivity contribution in [3.05, 3.63) is 0 Å². The van der Waals surface area contributed by atoms with Gasteiger partial charge in [0, 0.05) is 6.54 Å². The van der Waals surface area contributed by atoms with Crippen LogP contribution in [0.15, 0.2) is 0 Å². The Morgan fingerprint density at radius 2 is 2.00 bits per heavy atom. The van der Waals surface area contributed by atoms with Gasteiger partial charge in [0.05, 0.1) is 0 Å². The Hall–Kier alpha value is -1.06. The average Bonchev–Trinajstić information content (AvgIpc) is 3.03. The Labute approximate surface area is 96.4 Å². The van der Waals surface area contributed by atoms with Gasteiger partial charge in [-0.3, -0.25) is 9.59 Å². The maximum absolute atomic E-state index is 12.2. The number of carbonyl (C=O) groups is 2. The van der Waals surface area contributed by atoms with Crippen molar-refractivity contribution in [2.45, 2.75) is 45.7 Å². The minimum atomic E-state index is -0.331. The summed E-state index contributed by atoms with van der Waals surface area (Å²) in [5, 5.41) is 2.87. The van der Waals surface area contributed by atoms with Gasteiger partial charge in [-0.15, -0.1) is 0 Å². The molecule has 0 aromatic carbocycles. The Balaban J connectivity index is 2.19. The van der Waals surface area contributed by atoms with Gasteiger partial charge in [0.2, 0.25) is 11.8 Å². The highest BCUT2D eigenvalue weighted by Gasteiger charge is 2.47. The van der Waals surface area contributed by atoms with Crippen LogP contribution in [0.3, 0.4) is 0 Å². The molecule has 2 fully saturated rings. The molecule has 2 unspecified atom stereocenters. The van der Waals surface area contributed by atoms with Crippen molar-refractivity contribution in [1.82, 2.24) is 10.2 Å². The second-order valence-corrected chi connectivity index (χ2v) is 5.14. The van der Waals surface area contributed by atoms with Gasteiger partial charge in [-0.25, -0.2) is 0 Å². The van der Waals surface area contributed by atoms with E-state index in [1.165, 1.54) is 0 Å². The molecule has 2 atom stereocenters. The van der Waals surface area contributed by atoms with Crippen LogP contribution in [0.2, 0.25) is 0 Å². The van der Waals surface area contributed by atoms with Crippen molar-refractivity contribution in [3.8, 4) is 0 Å². The lowest BCUT2D eigenvalue weighted by Gasteiger charge is -2.40. The third kappa shape index (κ3) is 1.81. The topological polar surface area (TPSA) is 49.4 Å². The molecule has 4 heteroatoms. The lowest BCUT2D eigenvalue weighted by molar-refractivity contribution is -0.151. The first-order chi connectivity index (χ1) is 7.56. The number of amides is 2. The van der Waals surface area contributed by atoms with Gasteiger partial charge in [-0.1, -0.05) is 13.8 Å². The van der Waals surface area contributed by atoms with Gasteiger partial charge in [0.1, 0.15) is 12.1 Å². The summed E-state index contributed by atoms with van der Waals surface area (Å²) >= 11 is 0. The summed E-state index contributed by atoms with van der Waals surface area (Å²) in [5.41, 5.74) is 0. The van der Waals surface area contributed by atoms with Crippen LogP contribution in [0, 0.1) is 11.8 Å². The van der Waals surface area contributed by atoms with Crippen molar-refractivity contribution in [1.29, 1.82) is 0 Å². The number of hydrogen-bond donors (Lipinski definition) is 1. The van der Waals surface area contributed by atoms with E-state index in [1.54, 1.807) is 4.90 Å². The van der Waals surface area contributed by atoms with E-state index in [0.29, 0.717) is 12.5 Å². The van der Waals surface area contributed by atoms with Crippen LogP contribution in [0.5, 0.6) is 0 Å². The van der Waals surface area contributed by atoms with Gasteiger partial charge < -0.3 is 10.2 Å². The normalized spacial score (nSPS) is 30.9. The molecule has 1 saturated carbocycles. The van der Waals surface area contributed by atoms with Crippen LogP contribution in [0.25, 0.3) is 0 Å². The summed E-state index contributed by atoms with van der Waals surface area (Å²) in [6, 6.07) is -0.532. The van der Waals surface area contributed by atoms with Crippen LogP contribution in [-0.2, 0) is 9.59 Å². The number of piperazine rings is 1. The molecule has 0 radical (unpaired) electrons. The molecule has 1 aliphatic heterocycles. The molecule has 0 bridgehead atoms. The monoisotopic (exact) mass is 224 g/mol. The van der Waals surface area contributed by atoms with Crippen molar-refractivity contribution in [2.24, 2.45) is 11.8 Å². The SMILES string of the molecule is CCN1C(=O)C(C(C)C)NC(=O)C1C1CC1.